The van der Waals surface area contributed by atoms with Crippen LogP contribution >= 0.6 is 0 Å². The van der Waals surface area contributed by atoms with Crippen LogP contribution in [0.4, 0.5) is 4.79 Å². The van der Waals surface area contributed by atoms with E-state index in [1.807, 2.05) is 14.1 Å². The normalized spacial score (nSPS) is 9.93. The van der Waals surface area contributed by atoms with Crippen LogP contribution in [0.2, 0.25) is 0 Å². The molecule has 2 amide bonds. The molecule has 0 saturated carbocycles. The van der Waals surface area contributed by atoms with Gasteiger partial charge in [-0.05, 0) is 26.4 Å². The van der Waals surface area contributed by atoms with Crippen LogP contribution in [0, 0.1) is 0 Å². The molecular weight excluding hydrogens is 178 g/mol. The molecule has 0 aliphatic carbocycles. The first kappa shape index (κ1) is 13.2. The number of hydrogen-bond acceptors (Lipinski definition) is 2. The van der Waals surface area contributed by atoms with E-state index in [0.29, 0.717) is 0 Å². The average molecular weight is 201 g/mol. The van der Waals surface area contributed by atoms with Crippen molar-refractivity contribution in [2.24, 2.45) is 0 Å². The zero-order valence-electron chi connectivity index (χ0n) is 9.60. The number of carbonyl (C=O) groups is 1. The molecular formula is C10H23N3O. The maximum absolute atomic E-state index is 11.4. The van der Waals surface area contributed by atoms with Crippen LogP contribution in [0.5, 0.6) is 0 Å². The standard InChI is InChI=1S/C10H23N3O/c1-4-5-8-12-10(14)13(3)9-6-7-11-2/h11H,4-9H2,1-3H3,(H,12,14). The molecule has 0 aromatic rings. The van der Waals surface area contributed by atoms with E-state index in [9.17, 15) is 4.79 Å². The van der Waals surface area contributed by atoms with E-state index in [1.165, 1.54) is 0 Å². The predicted octanol–water partition coefficient (Wildman–Crippen LogP) is 1.04. The third-order valence-electron chi connectivity index (χ3n) is 2.07. The number of unbranched alkanes of at least 4 members (excludes halogenated alkanes) is 1. The lowest BCUT2D eigenvalue weighted by atomic mass is 10.3. The minimum Gasteiger partial charge on any atom is -0.338 e. The van der Waals surface area contributed by atoms with Crippen molar-refractivity contribution in [2.75, 3.05) is 33.7 Å². The van der Waals surface area contributed by atoms with Gasteiger partial charge in [-0.1, -0.05) is 13.3 Å². The van der Waals surface area contributed by atoms with Gasteiger partial charge in [-0.15, -0.1) is 0 Å². The van der Waals surface area contributed by atoms with Gasteiger partial charge < -0.3 is 15.5 Å². The Kier molecular flexibility index (Phi) is 8.33. The van der Waals surface area contributed by atoms with E-state index in [0.717, 1.165) is 38.9 Å². The van der Waals surface area contributed by atoms with Crippen LogP contribution < -0.4 is 10.6 Å². The molecule has 0 fully saturated rings. The van der Waals surface area contributed by atoms with Gasteiger partial charge in [0.25, 0.3) is 0 Å². The molecule has 0 atom stereocenters. The van der Waals surface area contributed by atoms with Crippen molar-refractivity contribution < 1.29 is 4.79 Å². The van der Waals surface area contributed by atoms with Crippen molar-refractivity contribution >= 4 is 6.03 Å². The molecule has 0 saturated heterocycles. The molecule has 0 aromatic carbocycles. The van der Waals surface area contributed by atoms with Crippen molar-refractivity contribution in [3.05, 3.63) is 0 Å². The Morgan fingerprint density at radius 2 is 2.00 bits per heavy atom. The topological polar surface area (TPSA) is 44.4 Å². The molecule has 0 aliphatic heterocycles. The first-order valence-corrected chi connectivity index (χ1v) is 5.36. The molecule has 14 heavy (non-hydrogen) atoms. The molecule has 4 nitrogen and oxygen atoms in total. The lowest BCUT2D eigenvalue weighted by molar-refractivity contribution is 0.208. The van der Waals surface area contributed by atoms with Crippen molar-refractivity contribution in [1.82, 2.24) is 15.5 Å². The Bertz CT molecular complexity index is 150. The van der Waals surface area contributed by atoms with Gasteiger partial charge in [-0.25, -0.2) is 4.79 Å². The average Bonchev–Trinajstić information content (AvgIpc) is 2.18. The van der Waals surface area contributed by atoms with Crippen molar-refractivity contribution in [3.63, 3.8) is 0 Å². The minimum atomic E-state index is 0.0366. The number of nitrogens with zero attached hydrogens (tertiary/aromatic N) is 1. The first-order chi connectivity index (χ1) is 6.72. The zero-order chi connectivity index (χ0) is 10.8. The van der Waals surface area contributed by atoms with E-state index in [4.69, 9.17) is 0 Å². The first-order valence-electron chi connectivity index (χ1n) is 5.36. The SMILES string of the molecule is CCCCNC(=O)N(C)CCCNC. The van der Waals surface area contributed by atoms with Gasteiger partial charge in [0.15, 0.2) is 0 Å². The second-order valence-corrected chi connectivity index (χ2v) is 3.46. The third kappa shape index (κ3) is 6.71. The Hall–Kier alpha value is -0.770. The summed E-state index contributed by atoms with van der Waals surface area (Å²) in [5.41, 5.74) is 0. The summed E-state index contributed by atoms with van der Waals surface area (Å²) in [5, 5.41) is 5.93. The largest absolute Gasteiger partial charge is 0.338 e. The number of amides is 2. The lowest BCUT2D eigenvalue weighted by Gasteiger charge is -2.17. The molecule has 84 valence electrons. The molecule has 4 heteroatoms. The maximum Gasteiger partial charge on any atom is 0.317 e. The summed E-state index contributed by atoms with van der Waals surface area (Å²) in [6, 6.07) is 0.0366. The van der Waals surface area contributed by atoms with Gasteiger partial charge in [0.2, 0.25) is 0 Å². The molecule has 0 aromatic heterocycles. The van der Waals surface area contributed by atoms with Gasteiger partial charge in [0, 0.05) is 20.1 Å². The Morgan fingerprint density at radius 1 is 1.29 bits per heavy atom. The number of carbonyl (C=O) groups excluding carboxylic acids is 1. The highest BCUT2D eigenvalue weighted by molar-refractivity contribution is 5.73. The number of nitrogens with one attached hydrogen (secondary N) is 2. The third-order valence-corrected chi connectivity index (χ3v) is 2.07. The predicted molar refractivity (Wildman–Crippen MR) is 59.5 cm³/mol. The summed E-state index contributed by atoms with van der Waals surface area (Å²) >= 11 is 0. The summed E-state index contributed by atoms with van der Waals surface area (Å²) in [6.45, 7) is 4.65. The second kappa shape index (κ2) is 8.81. The van der Waals surface area contributed by atoms with E-state index >= 15 is 0 Å². The molecule has 0 heterocycles. The fourth-order valence-electron chi connectivity index (χ4n) is 1.10. The maximum atomic E-state index is 11.4. The monoisotopic (exact) mass is 201 g/mol. The fourth-order valence-corrected chi connectivity index (χ4v) is 1.10. The van der Waals surface area contributed by atoms with Crippen molar-refractivity contribution in [3.8, 4) is 0 Å². The zero-order valence-corrected chi connectivity index (χ0v) is 9.60. The number of hydrogen-bond donors (Lipinski definition) is 2. The van der Waals surface area contributed by atoms with Gasteiger partial charge in [-0.2, -0.15) is 0 Å². The highest BCUT2D eigenvalue weighted by atomic mass is 16.2. The summed E-state index contributed by atoms with van der Waals surface area (Å²) in [5.74, 6) is 0. The van der Waals surface area contributed by atoms with Gasteiger partial charge in [0.1, 0.15) is 0 Å². The molecule has 0 unspecified atom stereocenters. The summed E-state index contributed by atoms with van der Waals surface area (Å²) in [6.07, 6.45) is 3.16. The van der Waals surface area contributed by atoms with E-state index in [2.05, 4.69) is 17.6 Å². The smallest absolute Gasteiger partial charge is 0.317 e. The molecule has 0 rings (SSSR count). The highest BCUT2D eigenvalue weighted by Crippen LogP contribution is 1.89. The van der Waals surface area contributed by atoms with Gasteiger partial charge in [0.05, 0.1) is 0 Å². The van der Waals surface area contributed by atoms with Crippen LogP contribution in [0.25, 0.3) is 0 Å². The number of urea groups is 1. The van der Waals surface area contributed by atoms with Crippen LogP contribution in [-0.4, -0.2) is 44.7 Å². The van der Waals surface area contributed by atoms with Gasteiger partial charge in [-0.3, -0.25) is 0 Å². The molecule has 0 radical (unpaired) electrons. The van der Waals surface area contributed by atoms with Gasteiger partial charge >= 0.3 is 6.03 Å². The Labute approximate surface area is 87.0 Å². The Morgan fingerprint density at radius 3 is 2.57 bits per heavy atom. The fraction of sp³-hybridized carbons (Fsp3) is 0.900. The van der Waals surface area contributed by atoms with Crippen molar-refractivity contribution in [1.29, 1.82) is 0 Å². The molecule has 0 aliphatic rings. The highest BCUT2D eigenvalue weighted by Gasteiger charge is 2.05. The molecule has 0 spiro atoms. The minimum absolute atomic E-state index is 0.0366. The van der Waals surface area contributed by atoms with Crippen LogP contribution in [0.15, 0.2) is 0 Å². The van der Waals surface area contributed by atoms with Crippen LogP contribution in [0.1, 0.15) is 26.2 Å². The van der Waals surface area contributed by atoms with Crippen molar-refractivity contribution in [2.45, 2.75) is 26.2 Å². The van der Waals surface area contributed by atoms with Crippen LogP contribution in [0.3, 0.4) is 0 Å². The lowest BCUT2D eigenvalue weighted by Crippen LogP contribution is -2.38. The molecule has 2 N–H and O–H groups in total. The second-order valence-electron chi connectivity index (χ2n) is 3.46. The van der Waals surface area contributed by atoms with E-state index in [-0.39, 0.29) is 6.03 Å². The molecule has 0 bridgehead atoms. The summed E-state index contributed by atoms with van der Waals surface area (Å²) in [4.78, 5) is 13.1. The van der Waals surface area contributed by atoms with E-state index in [1.54, 1.807) is 4.90 Å². The summed E-state index contributed by atoms with van der Waals surface area (Å²) < 4.78 is 0. The Balaban J connectivity index is 3.44. The number of rotatable bonds is 7. The van der Waals surface area contributed by atoms with E-state index < -0.39 is 0 Å². The quantitative estimate of drug-likeness (QED) is 0.604. The van der Waals surface area contributed by atoms with Crippen LogP contribution in [-0.2, 0) is 0 Å². The summed E-state index contributed by atoms with van der Waals surface area (Å²) in [7, 11) is 3.75.